The van der Waals surface area contributed by atoms with Gasteiger partial charge < -0.3 is 10.1 Å². The second-order valence-corrected chi connectivity index (χ2v) is 3.57. The van der Waals surface area contributed by atoms with E-state index in [9.17, 15) is 0 Å². The Labute approximate surface area is 69.3 Å². The molecule has 0 heterocycles. The summed E-state index contributed by atoms with van der Waals surface area (Å²) in [5.41, 5.74) is 0. The van der Waals surface area contributed by atoms with Crippen molar-refractivity contribution in [3.63, 3.8) is 0 Å². The van der Waals surface area contributed by atoms with Crippen LogP contribution < -0.4 is 5.32 Å². The molecular formula is C9H19NO. The molecule has 66 valence electrons. The fourth-order valence-electron chi connectivity index (χ4n) is 1.54. The first-order valence-electron chi connectivity index (χ1n) is 4.60. The van der Waals surface area contributed by atoms with Gasteiger partial charge >= 0.3 is 0 Å². The van der Waals surface area contributed by atoms with Gasteiger partial charge in [-0.25, -0.2) is 0 Å². The van der Waals surface area contributed by atoms with Crippen LogP contribution in [0.25, 0.3) is 0 Å². The Morgan fingerprint density at radius 3 is 2.55 bits per heavy atom. The van der Waals surface area contributed by atoms with Crippen molar-refractivity contribution in [1.29, 1.82) is 0 Å². The number of ether oxygens (including phenoxy) is 1. The van der Waals surface area contributed by atoms with Gasteiger partial charge in [0.2, 0.25) is 0 Å². The highest BCUT2D eigenvalue weighted by Gasteiger charge is 2.29. The lowest BCUT2D eigenvalue weighted by molar-refractivity contribution is -0.0114. The van der Waals surface area contributed by atoms with E-state index in [-0.39, 0.29) is 0 Å². The maximum atomic E-state index is 5.45. The van der Waals surface area contributed by atoms with E-state index in [1.54, 1.807) is 0 Å². The van der Waals surface area contributed by atoms with Crippen LogP contribution in [0.2, 0.25) is 0 Å². The van der Waals surface area contributed by atoms with Crippen molar-refractivity contribution >= 4 is 0 Å². The molecule has 0 aromatic carbocycles. The van der Waals surface area contributed by atoms with Gasteiger partial charge in [-0.15, -0.1) is 0 Å². The van der Waals surface area contributed by atoms with E-state index in [0.717, 1.165) is 6.61 Å². The van der Waals surface area contributed by atoms with Crippen molar-refractivity contribution in [2.24, 2.45) is 0 Å². The van der Waals surface area contributed by atoms with Crippen molar-refractivity contribution in [2.45, 2.75) is 51.8 Å². The van der Waals surface area contributed by atoms with Crippen LogP contribution in [0, 0.1) is 0 Å². The molecule has 1 aliphatic rings. The SMILES string of the molecule is CCOC1CC(NC(C)C)C1. The third-order valence-electron chi connectivity index (χ3n) is 2.07. The van der Waals surface area contributed by atoms with E-state index in [2.05, 4.69) is 26.1 Å². The molecule has 0 unspecified atom stereocenters. The first kappa shape index (κ1) is 9.01. The molecule has 11 heavy (non-hydrogen) atoms. The standard InChI is InChI=1S/C9H19NO/c1-4-11-9-5-8(6-9)10-7(2)3/h7-10H,4-6H2,1-3H3. The minimum absolute atomic E-state index is 0.538. The van der Waals surface area contributed by atoms with Gasteiger partial charge in [-0.3, -0.25) is 0 Å². The monoisotopic (exact) mass is 157 g/mol. The smallest absolute Gasteiger partial charge is 0.0604 e. The molecule has 2 heteroatoms. The van der Waals surface area contributed by atoms with E-state index in [0.29, 0.717) is 18.2 Å². The lowest BCUT2D eigenvalue weighted by Gasteiger charge is -2.36. The van der Waals surface area contributed by atoms with Gasteiger partial charge in [0.05, 0.1) is 6.10 Å². The fourth-order valence-corrected chi connectivity index (χ4v) is 1.54. The van der Waals surface area contributed by atoms with Crippen LogP contribution in [0.1, 0.15) is 33.6 Å². The van der Waals surface area contributed by atoms with Crippen molar-refractivity contribution in [1.82, 2.24) is 5.32 Å². The zero-order chi connectivity index (χ0) is 8.27. The predicted octanol–water partition coefficient (Wildman–Crippen LogP) is 1.55. The van der Waals surface area contributed by atoms with E-state index in [4.69, 9.17) is 4.74 Å². The molecule has 0 aromatic heterocycles. The number of nitrogens with one attached hydrogen (secondary N) is 1. The highest BCUT2D eigenvalue weighted by atomic mass is 16.5. The zero-order valence-electron chi connectivity index (χ0n) is 7.76. The Bertz CT molecular complexity index is 108. The van der Waals surface area contributed by atoms with Gasteiger partial charge in [0.25, 0.3) is 0 Å². The van der Waals surface area contributed by atoms with Crippen LogP contribution in [0.15, 0.2) is 0 Å². The van der Waals surface area contributed by atoms with Gasteiger partial charge in [0.15, 0.2) is 0 Å². The summed E-state index contributed by atoms with van der Waals surface area (Å²) in [6.07, 6.45) is 2.94. The van der Waals surface area contributed by atoms with Crippen LogP contribution >= 0.6 is 0 Å². The Kier molecular flexibility index (Phi) is 3.34. The third-order valence-corrected chi connectivity index (χ3v) is 2.07. The minimum atomic E-state index is 0.538. The molecule has 1 fully saturated rings. The van der Waals surface area contributed by atoms with Crippen molar-refractivity contribution in [3.8, 4) is 0 Å². The van der Waals surface area contributed by atoms with Crippen LogP contribution in [0.5, 0.6) is 0 Å². The van der Waals surface area contributed by atoms with Gasteiger partial charge in [-0.1, -0.05) is 13.8 Å². The molecule has 1 aliphatic carbocycles. The van der Waals surface area contributed by atoms with E-state index in [1.165, 1.54) is 12.8 Å². The average molecular weight is 157 g/mol. The summed E-state index contributed by atoms with van der Waals surface area (Å²) in [6, 6.07) is 1.33. The molecular weight excluding hydrogens is 138 g/mol. The number of hydrogen-bond donors (Lipinski definition) is 1. The first-order valence-corrected chi connectivity index (χ1v) is 4.60. The van der Waals surface area contributed by atoms with Crippen LogP contribution in [0.4, 0.5) is 0 Å². The lowest BCUT2D eigenvalue weighted by atomic mass is 9.89. The van der Waals surface area contributed by atoms with Gasteiger partial charge in [0, 0.05) is 18.7 Å². The Balaban J connectivity index is 2.00. The van der Waals surface area contributed by atoms with Crippen LogP contribution in [-0.4, -0.2) is 24.8 Å². The summed E-state index contributed by atoms with van der Waals surface area (Å²) in [6.45, 7) is 7.30. The maximum absolute atomic E-state index is 5.45. The van der Waals surface area contributed by atoms with Gasteiger partial charge in [0.1, 0.15) is 0 Å². The topological polar surface area (TPSA) is 21.3 Å². The molecule has 0 atom stereocenters. The summed E-state index contributed by atoms with van der Waals surface area (Å²) in [7, 11) is 0. The normalized spacial score (nSPS) is 30.5. The Hall–Kier alpha value is -0.0800. The third kappa shape index (κ3) is 2.80. The molecule has 0 aromatic rings. The maximum Gasteiger partial charge on any atom is 0.0604 e. The van der Waals surface area contributed by atoms with E-state index in [1.807, 2.05) is 0 Å². The predicted molar refractivity (Wildman–Crippen MR) is 46.7 cm³/mol. The molecule has 0 saturated heterocycles. The molecule has 0 spiro atoms. The summed E-state index contributed by atoms with van der Waals surface area (Å²) in [5, 5.41) is 3.49. The number of hydrogen-bond acceptors (Lipinski definition) is 2. The molecule has 1 saturated carbocycles. The van der Waals surface area contributed by atoms with E-state index < -0.39 is 0 Å². The fraction of sp³-hybridized carbons (Fsp3) is 1.00. The molecule has 1 rings (SSSR count). The van der Waals surface area contributed by atoms with Crippen molar-refractivity contribution < 1.29 is 4.74 Å². The zero-order valence-corrected chi connectivity index (χ0v) is 7.76. The summed E-state index contributed by atoms with van der Waals surface area (Å²) >= 11 is 0. The largest absolute Gasteiger partial charge is 0.378 e. The molecule has 2 nitrogen and oxygen atoms in total. The van der Waals surface area contributed by atoms with Crippen LogP contribution in [0.3, 0.4) is 0 Å². The van der Waals surface area contributed by atoms with Crippen molar-refractivity contribution in [2.75, 3.05) is 6.61 Å². The van der Waals surface area contributed by atoms with Gasteiger partial charge in [-0.2, -0.15) is 0 Å². The second kappa shape index (κ2) is 4.07. The molecule has 0 bridgehead atoms. The van der Waals surface area contributed by atoms with Crippen molar-refractivity contribution in [3.05, 3.63) is 0 Å². The quantitative estimate of drug-likeness (QED) is 0.668. The molecule has 0 amide bonds. The minimum Gasteiger partial charge on any atom is -0.378 e. The Morgan fingerprint density at radius 1 is 1.45 bits per heavy atom. The molecule has 1 N–H and O–H groups in total. The first-order chi connectivity index (χ1) is 5.22. The molecule has 0 radical (unpaired) electrons. The lowest BCUT2D eigenvalue weighted by Crippen LogP contribution is -2.47. The summed E-state index contributed by atoms with van der Waals surface area (Å²) < 4.78 is 5.45. The van der Waals surface area contributed by atoms with Gasteiger partial charge in [-0.05, 0) is 19.8 Å². The highest BCUT2D eigenvalue weighted by Crippen LogP contribution is 2.23. The Morgan fingerprint density at radius 2 is 2.09 bits per heavy atom. The highest BCUT2D eigenvalue weighted by molar-refractivity contribution is 4.86. The summed E-state index contributed by atoms with van der Waals surface area (Å²) in [4.78, 5) is 0. The molecule has 0 aliphatic heterocycles. The van der Waals surface area contributed by atoms with Crippen LogP contribution in [-0.2, 0) is 4.74 Å². The number of rotatable bonds is 4. The summed E-state index contributed by atoms with van der Waals surface area (Å²) in [5.74, 6) is 0. The average Bonchev–Trinajstić information content (AvgIpc) is 1.82. The van der Waals surface area contributed by atoms with E-state index >= 15 is 0 Å². The second-order valence-electron chi connectivity index (χ2n) is 3.57.